The second kappa shape index (κ2) is 8.12. The smallest absolute Gasteiger partial charge is 0.264 e. The molecule has 4 rings (SSSR count). The molecule has 0 unspecified atom stereocenters. The van der Waals surface area contributed by atoms with Gasteiger partial charge in [-0.05, 0) is 67.6 Å². The third-order valence-electron chi connectivity index (χ3n) is 4.69. The van der Waals surface area contributed by atoms with Crippen LogP contribution in [0, 0.1) is 0 Å². The number of fused-ring (bicyclic) bond motifs is 1. The number of benzene rings is 3. The van der Waals surface area contributed by atoms with Crippen LogP contribution in [0.25, 0.3) is 0 Å². The molecule has 0 saturated carbocycles. The van der Waals surface area contributed by atoms with Crippen molar-refractivity contribution in [3.8, 4) is 5.75 Å². The summed E-state index contributed by atoms with van der Waals surface area (Å²) in [5, 5.41) is 2.78. The number of nitrogens with zero attached hydrogens (tertiary/aromatic N) is 1. The highest BCUT2D eigenvalue weighted by atomic mass is 79.9. The molecule has 0 fully saturated rings. The van der Waals surface area contributed by atoms with Crippen molar-refractivity contribution < 1.29 is 17.9 Å². The van der Waals surface area contributed by atoms with Gasteiger partial charge in [-0.1, -0.05) is 28.1 Å². The lowest BCUT2D eigenvalue weighted by Gasteiger charge is -2.34. The fraction of sp³-hybridized carbons (Fsp3) is 0.136. The zero-order valence-corrected chi connectivity index (χ0v) is 18.5. The van der Waals surface area contributed by atoms with Crippen LogP contribution in [-0.2, 0) is 10.0 Å². The van der Waals surface area contributed by atoms with Gasteiger partial charge < -0.3 is 10.1 Å². The predicted octanol–water partition coefficient (Wildman–Crippen LogP) is 4.68. The van der Waals surface area contributed by atoms with Crippen LogP contribution in [0.15, 0.2) is 82.2 Å². The Kier molecular flexibility index (Phi) is 5.53. The molecule has 30 heavy (non-hydrogen) atoms. The van der Waals surface area contributed by atoms with E-state index in [1.807, 2.05) is 13.0 Å². The summed E-state index contributed by atoms with van der Waals surface area (Å²) in [6.07, 6.45) is -0.265. The van der Waals surface area contributed by atoms with Crippen molar-refractivity contribution in [2.24, 2.45) is 0 Å². The maximum atomic E-state index is 13.3. The summed E-state index contributed by atoms with van der Waals surface area (Å²) in [5.41, 5.74) is 1.54. The molecule has 1 amide bonds. The number of sulfonamides is 1. The molecule has 1 heterocycles. The van der Waals surface area contributed by atoms with E-state index in [4.69, 9.17) is 4.74 Å². The van der Waals surface area contributed by atoms with Crippen molar-refractivity contribution in [1.29, 1.82) is 0 Å². The lowest BCUT2D eigenvalue weighted by molar-refractivity contribution is 0.102. The van der Waals surface area contributed by atoms with Gasteiger partial charge in [0, 0.05) is 15.7 Å². The topological polar surface area (TPSA) is 75.7 Å². The molecule has 3 aromatic carbocycles. The summed E-state index contributed by atoms with van der Waals surface area (Å²) < 4.78 is 34.5. The minimum Gasteiger partial charge on any atom is -0.487 e. The first-order valence-electron chi connectivity index (χ1n) is 9.30. The number of hydrogen-bond donors (Lipinski definition) is 1. The SMILES string of the molecule is C[C@H]1CN(S(=O)(=O)c2ccc(NC(=O)c3ccc(Br)cc3)cc2)c2ccccc2O1. The van der Waals surface area contributed by atoms with Crippen molar-refractivity contribution in [2.45, 2.75) is 17.9 Å². The van der Waals surface area contributed by atoms with Crippen LogP contribution in [0.4, 0.5) is 11.4 Å². The molecular formula is C22H19BrN2O4S. The average Bonchev–Trinajstić information content (AvgIpc) is 2.74. The summed E-state index contributed by atoms with van der Waals surface area (Å²) in [4.78, 5) is 12.5. The third-order valence-corrected chi connectivity index (χ3v) is 7.01. The van der Waals surface area contributed by atoms with E-state index in [2.05, 4.69) is 21.2 Å². The first-order chi connectivity index (χ1) is 14.3. The monoisotopic (exact) mass is 486 g/mol. The van der Waals surface area contributed by atoms with E-state index < -0.39 is 10.0 Å². The Bertz CT molecular complexity index is 1180. The van der Waals surface area contributed by atoms with Gasteiger partial charge in [-0.3, -0.25) is 9.10 Å². The Balaban J connectivity index is 1.56. The molecule has 154 valence electrons. The average molecular weight is 487 g/mol. The van der Waals surface area contributed by atoms with Gasteiger partial charge in [0.1, 0.15) is 11.9 Å². The molecular weight excluding hydrogens is 468 g/mol. The van der Waals surface area contributed by atoms with Crippen LogP contribution in [0.3, 0.4) is 0 Å². The highest BCUT2D eigenvalue weighted by Gasteiger charge is 2.32. The zero-order chi connectivity index (χ0) is 21.3. The lowest BCUT2D eigenvalue weighted by atomic mass is 10.2. The number of carbonyl (C=O) groups is 1. The van der Waals surface area contributed by atoms with Gasteiger partial charge >= 0.3 is 0 Å². The van der Waals surface area contributed by atoms with Gasteiger partial charge in [-0.2, -0.15) is 0 Å². The second-order valence-electron chi connectivity index (χ2n) is 6.92. The molecule has 0 radical (unpaired) electrons. The third kappa shape index (κ3) is 4.06. The molecule has 0 saturated heterocycles. The number of hydrogen-bond acceptors (Lipinski definition) is 4. The van der Waals surface area contributed by atoms with Crippen LogP contribution in [0.1, 0.15) is 17.3 Å². The van der Waals surface area contributed by atoms with Crippen LogP contribution >= 0.6 is 15.9 Å². The fourth-order valence-electron chi connectivity index (χ4n) is 3.22. The van der Waals surface area contributed by atoms with Crippen molar-refractivity contribution in [3.63, 3.8) is 0 Å². The maximum Gasteiger partial charge on any atom is 0.264 e. The number of anilines is 2. The first kappa shape index (κ1) is 20.4. The molecule has 0 bridgehead atoms. The molecule has 0 aromatic heterocycles. The quantitative estimate of drug-likeness (QED) is 0.580. The van der Waals surface area contributed by atoms with Crippen LogP contribution in [0.5, 0.6) is 5.75 Å². The van der Waals surface area contributed by atoms with Crippen molar-refractivity contribution >= 4 is 43.2 Å². The van der Waals surface area contributed by atoms with Gasteiger partial charge in [-0.15, -0.1) is 0 Å². The van der Waals surface area contributed by atoms with Gasteiger partial charge in [0.25, 0.3) is 15.9 Å². The summed E-state index contributed by atoms with van der Waals surface area (Å²) in [5.74, 6) is 0.271. The summed E-state index contributed by atoms with van der Waals surface area (Å²) in [6.45, 7) is 2.06. The van der Waals surface area contributed by atoms with Gasteiger partial charge in [0.05, 0.1) is 17.1 Å². The number of carbonyl (C=O) groups excluding carboxylic acids is 1. The standard InChI is InChI=1S/C22H19BrN2O4S/c1-15-14-25(20-4-2-3-5-21(20)29-15)30(27,28)19-12-10-18(11-13-19)24-22(26)16-6-8-17(23)9-7-16/h2-13,15H,14H2,1H3,(H,24,26)/t15-/m0/s1. The molecule has 1 aliphatic rings. The minimum atomic E-state index is -3.78. The van der Waals surface area contributed by atoms with Crippen LogP contribution in [-0.4, -0.2) is 27.0 Å². The lowest BCUT2D eigenvalue weighted by Crippen LogP contribution is -2.42. The van der Waals surface area contributed by atoms with Crippen LogP contribution < -0.4 is 14.4 Å². The largest absolute Gasteiger partial charge is 0.487 e. The molecule has 8 heteroatoms. The Labute approximate surface area is 183 Å². The van der Waals surface area contributed by atoms with Gasteiger partial charge in [0.2, 0.25) is 0 Å². The molecule has 6 nitrogen and oxygen atoms in total. The van der Waals surface area contributed by atoms with E-state index in [1.165, 1.54) is 16.4 Å². The van der Waals surface area contributed by atoms with Crippen LogP contribution in [0.2, 0.25) is 0 Å². The van der Waals surface area contributed by atoms with Gasteiger partial charge in [-0.25, -0.2) is 8.42 Å². The number of nitrogens with one attached hydrogen (secondary N) is 1. The van der Waals surface area contributed by atoms with E-state index in [9.17, 15) is 13.2 Å². The zero-order valence-electron chi connectivity index (χ0n) is 16.1. The highest BCUT2D eigenvalue weighted by molar-refractivity contribution is 9.10. The van der Waals surface area contributed by atoms with Crippen molar-refractivity contribution in [2.75, 3.05) is 16.2 Å². The fourth-order valence-corrected chi connectivity index (χ4v) is 5.03. The molecule has 1 aliphatic heterocycles. The number of rotatable bonds is 4. The Morgan fingerprint density at radius 1 is 1.03 bits per heavy atom. The van der Waals surface area contributed by atoms with E-state index in [-0.39, 0.29) is 23.5 Å². The molecule has 0 aliphatic carbocycles. The number of halogens is 1. The predicted molar refractivity (Wildman–Crippen MR) is 120 cm³/mol. The molecule has 0 spiro atoms. The second-order valence-corrected chi connectivity index (χ2v) is 9.70. The van der Waals surface area contributed by atoms with Gasteiger partial charge in [0.15, 0.2) is 0 Å². The normalized spacial score (nSPS) is 15.8. The molecule has 3 aromatic rings. The number of para-hydroxylation sites is 2. The number of amides is 1. The summed E-state index contributed by atoms with van der Waals surface area (Å²) >= 11 is 3.33. The summed E-state index contributed by atoms with van der Waals surface area (Å²) in [6, 6.07) is 20.2. The van der Waals surface area contributed by atoms with E-state index in [0.29, 0.717) is 22.7 Å². The maximum absolute atomic E-state index is 13.3. The van der Waals surface area contributed by atoms with E-state index in [1.54, 1.807) is 54.6 Å². The molecule has 1 atom stereocenters. The Hall–Kier alpha value is -2.84. The summed E-state index contributed by atoms with van der Waals surface area (Å²) in [7, 11) is -3.78. The Morgan fingerprint density at radius 2 is 1.70 bits per heavy atom. The van der Waals surface area contributed by atoms with Crippen molar-refractivity contribution in [1.82, 2.24) is 0 Å². The Morgan fingerprint density at radius 3 is 2.40 bits per heavy atom. The molecule has 1 N–H and O–H groups in total. The van der Waals surface area contributed by atoms with E-state index in [0.717, 1.165) is 4.47 Å². The van der Waals surface area contributed by atoms with E-state index >= 15 is 0 Å². The first-order valence-corrected chi connectivity index (χ1v) is 11.5. The van der Waals surface area contributed by atoms with Crippen molar-refractivity contribution in [3.05, 3.63) is 82.8 Å². The highest BCUT2D eigenvalue weighted by Crippen LogP contribution is 2.36. The minimum absolute atomic E-state index is 0.146. The number of ether oxygens (including phenoxy) is 1.